The van der Waals surface area contributed by atoms with Crippen LogP contribution in [0.2, 0.25) is 0 Å². The first kappa shape index (κ1) is 11.7. The zero-order valence-electron chi connectivity index (χ0n) is 9.37. The molecule has 3 heteroatoms. The van der Waals surface area contributed by atoms with Gasteiger partial charge in [-0.15, -0.1) is 0 Å². The summed E-state index contributed by atoms with van der Waals surface area (Å²) in [4.78, 5) is 0. The molecule has 0 fully saturated rings. The van der Waals surface area contributed by atoms with Crippen molar-refractivity contribution in [3.05, 3.63) is 58.1 Å². The summed E-state index contributed by atoms with van der Waals surface area (Å²) in [5.41, 5.74) is 3.61. The number of nitrogens with one attached hydrogen (secondary N) is 1. The molecule has 0 aliphatic heterocycles. The Bertz CT molecular complexity index is 565. The van der Waals surface area contributed by atoms with Crippen molar-refractivity contribution in [3.63, 3.8) is 0 Å². The summed E-state index contributed by atoms with van der Waals surface area (Å²) in [6, 6.07) is 15.7. The molecule has 0 saturated heterocycles. The molecule has 0 heterocycles. The number of anilines is 2. The average Bonchev–Trinajstić information content (AvgIpc) is 2.28. The number of rotatable bonds is 2. The highest BCUT2D eigenvalue weighted by atomic mass is 79.9. The van der Waals surface area contributed by atoms with Crippen molar-refractivity contribution in [1.29, 1.82) is 5.26 Å². The van der Waals surface area contributed by atoms with Crippen LogP contribution in [0.5, 0.6) is 0 Å². The summed E-state index contributed by atoms with van der Waals surface area (Å²) in [5, 5.41) is 12.3. The Morgan fingerprint density at radius 1 is 1.18 bits per heavy atom. The zero-order chi connectivity index (χ0) is 12.3. The van der Waals surface area contributed by atoms with Crippen LogP contribution >= 0.6 is 15.9 Å². The normalized spacial score (nSPS) is 9.71. The van der Waals surface area contributed by atoms with Gasteiger partial charge in [0.25, 0.3) is 0 Å². The Balaban J connectivity index is 2.35. The molecule has 0 unspecified atom stereocenters. The van der Waals surface area contributed by atoms with Crippen LogP contribution < -0.4 is 5.32 Å². The molecule has 0 saturated carbocycles. The zero-order valence-corrected chi connectivity index (χ0v) is 11.0. The van der Waals surface area contributed by atoms with Gasteiger partial charge in [-0.1, -0.05) is 28.1 Å². The predicted molar refractivity (Wildman–Crippen MR) is 73.3 cm³/mol. The molecule has 0 bridgehead atoms. The lowest BCUT2D eigenvalue weighted by Gasteiger charge is -2.09. The SMILES string of the molecule is Cc1cc(Br)cc(Nc2ccccc2C#N)c1. The lowest BCUT2D eigenvalue weighted by atomic mass is 10.1. The smallest absolute Gasteiger partial charge is 0.101 e. The van der Waals surface area contributed by atoms with Gasteiger partial charge in [0.05, 0.1) is 11.3 Å². The van der Waals surface area contributed by atoms with E-state index >= 15 is 0 Å². The van der Waals surface area contributed by atoms with Crippen molar-refractivity contribution in [3.8, 4) is 6.07 Å². The third kappa shape index (κ3) is 2.86. The second kappa shape index (κ2) is 5.03. The maximum Gasteiger partial charge on any atom is 0.101 e. The number of nitriles is 1. The monoisotopic (exact) mass is 286 g/mol. The van der Waals surface area contributed by atoms with E-state index in [1.807, 2.05) is 43.3 Å². The van der Waals surface area contributed by atoms with Crippen LogP contribution in [0.25, 0.3) is 0 Å². The van der Waals surface area contributed by atoms with Crippen molar-refractivity contribution in [2.75, 3.05) is 5.32 Å². The van der Waals surface area contributed by atoms with Crippen molar-refractivity contribution in [2.45, 2.75) is 6.92 Å². The van der Waals surface area contributed by atoms with E-state index in [0.29, 0.717) is 5.56 Å². The molecule has 2 nitrogen and oxygen atoms in total. The molecular weight excluding hydrogens is 276 g/mol. The third-order valence-electron chi connectivity index (χ3n) is 2.37. The van der Waals surface area contributed by atoms with Crippen molar-refractivity contribution >= 4 is 27.3 Å². The molecule has 0 radical (unpaired) electrons. The van der Waals surface area contributed by atoms with E-state index in [0.717, 1.165) is 21.4 Å². The van der Waals surface area contributed by atoms with E-state index in [9.17, 15) is 0 Å². The van der Waals surface area contributed by atoms with Gasteiger partial charge in [-0.2, -0.15) is 5.26 Å². The van der Waals surface area contributed by atoms with E-state index in [1.165, 1.54) is 0 Å². The van der Waals surface area contributed by atoms with Gasteiger partial charge in [-0.05, 0) is 42.8 Å². The maximum absolute atomic E-state index is 9.01. The van der Waals surface area contributed by atoms with Gasteiger partial charge in [0.1, 0.15) is 6.07 Å². The van der Waals surface area contributed by atoms with Crippen LogP contribution in [0.3, 0.4) is 0 Å². The molecule has 0 atom stereocenters. The molecular formula is C14H11BrN2. The first-order chi connectivity index (χ1) is 8.19. The number of hydrogen-bond acceptors (Lipinski definition) is 2. The number of halogens is 1. The van der Waals surface area contributed by atoms with Crippen LogP contribution in [0.1, 0.15) is 11.1 Å². The van der Waals surface area contributed by atoms with E-state index in [-0.39, 0.29) is 0 Å². The number of benzene rings is 2. The summed E-state index contributed by atoms with van der Waals surface area (Å²) in [6.45, 7) is 2.03. The molecule has 0 spiro atoms. The molecule has 0 aliphatic rings. The predicted octanol–water partition coefficient (Wildman–Crippen LogP) is 4.37. The van der Waals surface area contributed by atoms with Gasteiger partial charge < -0.3 is 5.32 Å². The number of nitrogens with zero attached hydrogens (tertiary/aromatic N) is 1. The molecule has 2 aromatic rings. The van der Waals surface area contributed by atoms with Crippen LogP contribution in [-0.4, -0.2) is 0 Å². The average molecular weight is 287 g/mol. The van der Waals surface area contributed by atoms with E-state index in [1.54, 1.807) is 6.07 Å². The minimum Gasteiger partial charge on any atom is -0.354 e. The third-order valence-corrected chi connectivity index (χ3v) is 2.83. The fourth-order valence-corrected chi connectivity index (χ4v) is 2.26. The molecule has 2 aromatic carbocycles. The van der Waals surface area contributed by atoms with Gasteiger partial charge in [0, 0.05) is 10.2 Å². The number of hydrogen-bond donors (Lipinski definition) is 1. The molecule has 0 aromatic heterocycles. The lowest BCUT2D eigenvalue weighted by Crippen LogP contribution is -1.93. The molecule has 17 heavy (non-hydrogen) atoms. The molecule has 0 amide bonds. The summed E-state index contributed by atoms with van der Waals surface area (Å²) >= 11 is 3.46. The molecule has 0 aliphatic carbocycles. The van der Waals surface area contributed by atoms with Crippen molar-refractivity contribution in [2.24, 2.45) is 0 Å². The molecule has 2 rings (SSSR count). The van der Waals surface area contributed by atoms with Gasteiger partial charge in [-0.25, -0.2) is 0 Å². The summed E-state index contributed by atoms with van der Waals surface area (Å²) < 4.78 is 1.02. The van der Waals surface area contributed by atoms with Crippen LogP contribution in [0, 0.1) is 18.3 Å². The van der Waals surface area contributed by atoms with Crippen molar-refractivity contribution in [1.82, 2.24) is 0 Å². The summed E-state index contributed by atoms with van der Waals surface area (Å²) in [6.07, 6.45) is 0. The molecule has 1 N–H and O–H groups in total. The van der Waals surface area contributed by atoms with Gasteiger partial charge >= 0.3 is 0 Å². The van der Waals surface area contributed by atoms with Crippen LogP contribution in [0.4, 0.5) is 11.4 Å². The minimum absolute atomic E-state index is 0.644. The first-order valence-electron chi connectivity index (χ1n) is 5.22. The topological polar surface area (TPSA) is 35.8 Å². The maximum atomic E-state index is 9.01. The highest BCUT2D eigenvalue weighted by Gasteiger charge is 2.02. The van der Waals surface area contributed by atoms with E-state index < -0.39 is 0 Å². The summed E-state index contributed by atoms with van der Waals surface area (Å²) in [7, 11) is 0. The second-order valence-electron chi connectivity index (χ2n) is 3.80. The van der Waals surface area contributed by atoms with Crippen LogP contribution in [-0.2, 0) is 0 Å². The standard InChI is InChI=1S/C14H11BrN2/c1-10-6-12(15)8-13(7-10)17-14-5-3-2-4-11(14)9-16/h2-8,17H,1H3. The highest BCUT2D eigenvalue weighted by molar-refractivity contribution is 9.10. The first-order valence-corrected chi connectivity index (χ1v) is 6.01. The fraction of sp³-hybridized carbons (Fsp3) is 0.0714. The highest BCUT2D eigenvalue weighted by Crippen LogP contribution is 2.24. The van der Waals surface area contributed by atoms with Gasteiger partial charge in [-0.3, -0.25) is 0 Å². The fourth-order valence-electron chi connectivity index (χ4n) is 1.65. The van der Waals surface area contributed by atoms with Gasteiger partial charge in [0.15, 0.2) is 0 Å². The largest absolute Gasteiger partial charge is 0.354 e. The van der Waals surface area contributed by atoms with E-state index in [2.05, 4.69) is 27.3 Å². The number of aryl methyl sites for hydroxylation is 1. The van der Waals surface area contributed by atoms with Gasteiger partial charge in [0.2, 0.25) is 0 Å². The van der Waals surface area contributed by atoms with Crippen LogP contribution in [0.15, 0.2) is 46.9 Å². The Hall–Kier alpha value is -1.79. The molecule has 84 valence electrons. The Kier molecular flexibility index (Phi) is 3.46. The Morgan fingerprint density at radius 3 is 2.65 bits per heavy atom. The Labute approximate surface area is 109 Å². The minimum atomic E-state index is 0.644. The van der Waals surface area contributed by atoms with E-state index in [4.69, 9.17) is 5.26 Å². The second-order valence-corrected chi connectivity index (χ2v) is 4.72. The summed E-state index contributed by atoms with van der Waals surface area (Å²) in [5.74, 6) is 0. The Morgan fingerprint density at radius 2 is 1.94 bits per heavy atom. The quantitative estimate of drug-likeness (QED) is 0.890. The number of para-hydroxylation sites is 1. The lowest BCUT2D eigenvalue weighted by molar-refractivity contribution is 1.42. The van der Waals surface area contributed by atoms with Crippen molar-refractivity contribution < 1.29 is 0 Å².